The molecular formula is C22H24BrN7O3S. The molecule has 12 heteroatoms. The van der Waals surface area contributed by atoms with Crippen LogP contribution in [0.3, 0.4) is 0 Å². The Kier molecular flexibility index (Phi) is 6.47. The SMILES string of the molecule is COCCS(=O)(=O)N[C@@H]1CC[C@@H](Nc2ncc3c(Br)nn(-c4ccc5ncccc5c4)c3n2)C1. The monoisotopic (exact) mass is 545 g/mol. The van der Waals surface area contributed by atoms with E-state index in [0.717, 1.165) is 34.8 Å². The molecule has 10 nitrogen and oxygen atoms in total. The van der Waals surface area contributed by atoms with Gasteiger partial charge in [0, 0.05) is 37.0 Å². The number of ether oxygens (including phenoxy) is 1. The second-order valence-electron chi connectivity index (χ2n) is 8.29. The lowest BCUT2D eigenvalue weighted by Crippen LogP contribution is -2.36. The molecule has 5 rings (SSSR count). The van der Waals surface area contributed by atoms with Gasteiger partial charge in [-0.2, -0.15) is 10.1 Å². The number of nitrogens with zero attached hydrogens (tertiary/aromatic N) is 5. The third-order valence-electron chi connectivity index (χ3n) is 5.88. The van der Waals surface area contributed by atoms with Gasteiger partial charge in [0.15, 0.2) is 5.65 Å². The minimum absolute atomic E-state index is 0.0401. The van der Waals surface area contributed by atoms with Gasteiger partial charge < -0.3 is 10.1 Å². The van der Waals surface area contributed by atoms with Crippen molar-refractivity contribution in [1.82, 2.24) is 29.5 Å². The first-order valence-corrected chi connectivity index (χ1v) is 13.4. The molecule has 0 amide bonds. The lowest BCUT2D eigenvalue weighted by molar-refractivity contribution is 0.216. The van der Waals surface area contributed by atoms with Crippen molar-refractivity contribution in [2.45, 2.75) is 31.3 Å². The zero-order valence-electron chi connectivity index (χ0n) is 18.5. The van der Waals surface area contributed by atoms with Gasteiger partial charge in [0.2, 0.25) is 16.0 Å². The van der Waals surface area contributed by atoms with Crippen molar-refractivity contribution in [2.24, 2.45) is 0 Å². The first-order chi connectivity index (χ1) is 16.4. The van der Waals surface area contributed by atoms with Crippen molar-refractivity contribution in [2.75, 3.05) is 24.8 Å². The quantitative estimate of drug-likeness (QED) is 0.346. The van der Waals surface area contributed by atoms with Crippen molar-refractivity contribution >= 4 is 53.8 Å². The van der Waals surface area contributed by atoms with Crippen LogP contribution < -0.4 is 10.0 Å². The van der Waals surface area contributed by atoms with E-state index < -0.39 is 10.0 Å². The molecule has 1 fully saturated rings. The molecule has 0 unspecified atom stereocenters. The van der Waals surface area contributed by atoms with E-state index in [4.69, 9.17) is 9.72 Å². The highest BCUT2D eigenvalue weighted by Crippen LogP contribution is 2.28. The average Bonchev–Trinajstić information content (AvgIpc) is 3.40. The zero-order chi connectivity index (χ0) is 23.7. The smallest absolute Gasteiger partial charge is 0.224 e. The number of pyridine rings is 1. The van der Waals surface area contributed by atoms with Gasteiger partial charge in [-0.3, -0.25) is 4.98 Å². The van der Waals surface area contributed by atoms with Gasteiger partial charge in [-0.05, 0) is 59.5 Å². The van der Waals surface area contributed by atoms with Crippen molar-refractivity contribution in [3.05, 3.63) is 47.3 Å². The largest absolute Gasteiger partial charge is 0.384 e. The molecule has 3 aromatic heterocycles. The summed E-state index contributed by atoms with van der Waals surface area (Å²) in [5, 5.41) is 9.78. The van der Waals surface area contributed by atoms with Crippen LogP contribution in [-0.2, 0) is 14.8 Å². The fourth-order valence-electron chi connectivity index (χ4n) is 4.22. The molecule has 0 radical (unpaired) electrons. The van der Waals surface area contributed by atoms with Crippen molar-refractivity contribution in [3.63, 3.8) is 0 Å². The first kappa shape index (κ1) is 23.1. The average molecular weight is 546 g/mol. The van der Waals surface area contributed by atoms with E-state index in [1.54, 1.807) is 17.1 Å². The highest BCUT2D eigenvalue weighted by atomic mass is 79.9. The van der Waals surface area contributed by atoms with E-state index >= 15 is 0 Å². The van der Waals surface area contributed by atoms with Gasteiger partial charge in [-0.1, -0.05) is 6.07 Å². The molecular weight excluding hydrogens is 522 g/mol. The maximum Gasteiger partial charge on any atom is 0.224 e. The predicted molar refractivity (Wildman–Crippen MR) is 134 cm³/mol. The Morgan fingerprint density at radius 1 is 1.21 bits per heavy atom. The van der Waals surface area contributed by atoms with E-state index in [1.807, 2.05) is 30.3 Å². The molecule has 1 saturated carbocycles. The summed E-state index contributed by atoms with van der Waals surface area (Å²) >= 11 is 3.51. The van der Waals surface area contributed by atoms with Gasteiger partial charge >= 0.3 is 0 Å². The van der Waals surface area contributed by atoms with Crippen LogP contribution in [0, 0.1) is 0 Å². The molecule has 0 spiro atoms. The van der Waals surface area contributed by atoms with Crippen molar-refractivity contribution in [1.29, 1.82) is 0 Å². The summed E-state index contributed by atoms with van der Waals surface area (Å²) in [7, 11) is -1.87. The number of rotatable bonds is 8. The summed E-state index contributed by atoms with van der Waals surface area (Å²) in [6, 6.07) is 9.80. The molecule has 1 aromatic carbocycles. The fourth-order valence-corrected chi connectivity index (χ4v) is 5.89. The van der Waals surface area contributed by atoms with Crippen LogP contribution >= 0.6 is 15.9 Å². The van der Waals surface area contributed by atoms with E-state index in [-0.39, 0.29) is 24.4 Å². The molecule has 2 atom stereocenters. The minimum Gasteiger partial charge on any atom is -0.384 e. The lowest BCUT2D eigenvalue weighted by Gasteiger charge is -2.15. The van der Waals surface area contributed by atoms with E-state index in [2.05, 4.69) is 41.0 Å². The third-order valence-corrected chi connectivity index (χ3v) is 7.86. The van der Waals surface area contributed by atoms with Gasteiger partial charge in [-0.25, -0.2) is 22.8 Å². The van der Waals surface area contributed by atoms with Crippen molar-refractivity contribution < 1.29 is 13.2 Å². The van der Waals surface area contributed by atoms with E-state index in [1.165, 1.54) is 7.11 Å². The minimum atomic E-state index is -3.36. The van der Waals surface area contributed by atoms with Gasteiger partial charge in [0.05, 0.1) is 29.0 Å². The second-order valence-corrected chi connectivity index (χ2v) is 10.9. The lowest BCUT2D eigenvalue weighted by atomic mass is 10.2. The number of hydrogen-bond acceptors (Lipinski definition) is 8. The van der Waals surface area contributed by atoms with E-state index in [0.29, 0.717) is 22.6 Å². The van der Waals surface area contributed by atoms with E-state index in [9.17, 15) is 8.42 Å². The summed E-state index contributed by atoms with van der Waals surface area (Å²) in [4.78, 5) is 13.6. The number of anilines is 1. The normalized spacial score (nSPS) is 18.6. The summed E-state index contributed by atoms with van der Waals surface area (Å²) in [5.41, 5.74) is 2.45. The Morgan fingerprint density at radius 2 is 2.06 bits per heavy atom. The summed E-state index contributed by atoms with van der Waals surface area (Å²) < 4.78 is 34.4. The molecule has 0 bridgehead atoms. The number of benzene rings is 1. The molecule has 3 heterocycles. The van der Waals surface area contributed by atoms with Crippen molar-refractivity contribution in [3.8, 4) is 5.69 Å². The molecule has 34 heavy (non-hydrogen) atoms. The van der Waals surface area contributed by atoms with Gasteiger partial charge in [-0.15, -0.1) is 0 Å². The molecule has 2 N–H and O–H groups in total. The molecule has 0 aliphatic heterocycles. The Labute approximate surface area is 205 Å². The number of fused-ring (bicyclic) bond motifs is 2. The Balaban J connectivity index is 1.35. The number of methoxy groups -OCH3 is 1. The van der Waals surface area contributed by atoms with Crippen LogP contribution in [0.25, 0.3) is 27.6 Å². The van der Waals surface area contributed by atoms with Crippen LogP contribution in [0.15, 0.2) is 47.3 Å². The van der Waals surface area contributed by atoms with Crippen LogP contribution in [0.1, 0.15) is 19.3 Å². The summed E-state index contributed by atoms with van der Waals surface area (Å²) in [6.45, 7) is 0.175. The zero-order valence-corrected chi connectivity index (χ0v) is 20.9. The predicted octanol–water partition coefficient (Wildman–Crippen LogP) is 3.03. The summed E-state index contributed by atoms with van der Waals surface area (Å²) in [5.74, 6) is 0.443. The Hall–Kier alpha value is -2.67. The number of sulfonamides is 1. The highest BCUT2D eigenvalue weighted by molar-refractivity contribution is 9.10. The topological polar surface area (TPSA) is 124 Å². The molecule has 0 saturated heterocycles. The Bertz CT molecular complexity index is 1440. The molecule has 4 aromatic rings. The second kappa shape index (κ2) is 9.53. The third kappa shape index (κ3) is 4.90. The first-order valence-electron chi connectivity index (χ1n) is 10.9. The van der Waals surface area contributed by atoms with Crippen LogP contribution in [0.5, 0.6) is 0 Å². The molecule has 1 aliphatic rings. The number of halogens is 1. The molecule has 178 valence electrons. The van der Waals surface area contributed by atoms with Crippen LogP contribution in [0.2, 0.25) is 0 Å². The maximum atomic E-state index is 12.2. The summed E-state index contributed by atoms with van der Waals surface area (Å²) in [6.07, 6.45) is 5.74. The number of nitrogens with one attached hydrogen (secondary N) is 2. The standard InChI is InChI=1S/C22H24BrN7O3S/c1-33-9-10-34(31,32)29-16-5-4-15(12-16)26-22-25-13-18-20(23)28-30(21(18)27-22)17-6-7-19-14(11-17)3-2-8-24-19/h2-3,6-8,11,13,15-16,29H,4-5,9-10,12H2,1H3,(H,25,26,27)/t15-,16-/m1/s1. The highest BCUT2D eigenvalue weighted by Gasteiger charge is 2.28. The van der Waals surface area contributed by atoms with Gasteiger partial charge in [0.25, 0.3) is 0 Å². The van der Waals surface area contributed by atoms with Crippen LogP contribution in [-0.4, -0.2) is 64.7 Å². The van der Waals surface area contributed by atoms with Crippen LogP contribution in [0.4, 0.5) is 5.95 Å². The fraction of sp³-hybridized carbons (Fsp3) is 0.364. The van der Waals surface area contributed by atoms with Gasteiger partial charge in [0.1, 0.15) is 4.60 Å². The Morgan fingerprint density at radius 3 is 2.91 bits per heavy atom. The number of aromatic nitrogens is 5. The molecule has 1 aliphatic carbocycles. The maximum absolute atomic E-state index is 12.2. The number of hydrogen-bond donors (Lipinski definition) is 2.